The minimum Gasteiger partial charge on any atom is -0.456 e. The second-order valence-electron chi connectivity index (χ2n) is 29.6. The van der Waals surface area contributed by atoms with Crippen LogP contribution in [0.3, 0.4) is 0 Å². The van der Waals surface area contributed by atoms with Crippen molar-refractivity contribution in [3.05, 3.63) is 413 Å². The monoisotopic (exact) mass is 1490 g/mol. The van der Waals surface area contributed by atoms with Gasteiger partial charge in [-0.15, -0.1) is 0 Å². The lowest BCUT2D eigenvalue weighted by Crippen LogP contribution is -2.00. The van der Waals surface area contributed by atoms with Crippen molar-refractivity contribution in [2.75, 3.05) is 0 Å². The molecule has 9 heteroatoms. The Kier molecular flexibility index (Phi) is 16.7. The quantitative estimate of drug-likeness (QED) is 0.112. The molecule has 0 aliphatic heterocycles. The molecule has 5 heterocycles. The molecule has 0 radical (unpaired) electrons. The lowest BCUT2D eigenvalue weighted by Gasteiger charge is -2.12. The summed E-state index contributed by atoms with van der Waals surface area (Å²) in [6.07, 6.45) is 0. The van der Waals surface area contributed by atoms with Crippen LogP contribution in [-0.2, 0) is 0 Å². The third-order valence-electron chi connectivity index (χ3n) is 22.7. The SMILES string of the molecule is c1ccc(-c2ccc3c(c2)c2c(-c4nc(-c5ccccc5)nc(-c5ccccc5)n4)cccc2n3-c2cccc3oc4ccccc4c23)cc1.c1ccc(-c2nc(-c3ccccc3)nc(-c3cccc(-c4cccc(-c5cccc6c5c5cc(-c7ccc8c9ccccc9c9ccccc9c8c7)ccc5n6-c5ccccc5)c4)c3)n2)cc1. The van der Waals surface area contributed by atoms with Crippen molar-refractivity contribution in [1.29, 1.82) is 0 Å². The summed E-state index contributed by atoms with van der Waals surface area (Å²) >= 11 is 0. The van der Waals surface area contributed by atoms with Crippen LogP contribution in [0.15, 0.2) is 417 Å². The summed E-state index contributed by atoms with van der Waals surface area (Å²) in [7, 11) is 0. The number of rotatable bonds is 12. The van der Waals surface area contributed by atoms with Gasteiger partial charge in [0.2, 0.25) is 0 Å². The molecule has 5 aromatic heterocycles. The molecule has 0 aliphatic rings. The van der Waals surface area contributed by atoms with E-state index < -0.39 is 0 Å². The normalized spacial score (nSPS) is 11.6. The largest absolute Gasteiger partial charge is 0.456 e. The first kappa shape index (κ1) is 68.0. The van der Waals surface area contributed by atoms with Crippen molar-refractivity contribution in [2.24, 2.45) is 0 Å². The average Bonchev–Trinajstić information content (AvgIpc) is 1.62. The molecule has 0 bridgehead atoms. The minimum atomic E-state index is 0.624. The fraction of sp³-hybridized carbons (Fsp3) is 0. The second-order valence-corrected chi connectivity index (χ2v) is 29.6. The molecular formula is C108H68N8O. The molecule has 23 rings (SSSR count). The Labute approximate surface area is 673 Å². The molecule has 0 spiro atoms. The molecule has 117 heavy (non-hydrogen) atoms. The summed E-state index contributed by atoms with van der Waals surface area (Å²) in [6, 6.07) is 145. The molecule has 18 aromatic carbocycles. The van der Waals surface area contributed by atoms with Gasteiger partial charge in [-0.05, 0) is 162 Å². The molecule has 0 aliphatic carbocycles. The Balaban J connectivity index is 0.000000148. The second kappa shape index (κ2) is 28.7. The topological polar surface area (TPSA) is 100 Å². The molecule has 0 saturated carbocycles. The zero-order valence-electron chi connectivity index (χ0n) is 63.2. The van der Waals surface area contributed by atoms with Gasteiger partial charge in [0.15, 0.2) is 34.9 Å². The van der Waals surface area contributed by atoms with Crippen molar-refractivity contribution >= 4 is 97.9 Å². The fourth-order valence-electron chi connectivity index (χ4n) is 17.3. The highest BCUT2D eigenvalue weighted by atomic mass is 16.3. The number of hydrogen-bond acceptors (Lipinski definition) is 7. The Bertz CT molecular complexity index is 7650. The molecule has 0 amide bonds. The maximum absolute atomic E-state index is 6.36. The molecule has 23 aromatic rings. The lowest BCUT2D eigenvalue weighted by atomic mass is 9.91. The highest BCUT2D eigenvalue weighted by molar-refractivity contribution is 6.26. The van der Waals surface area contributed by atoms with Gasteiger partial charge in [0.1, 0.15) is 11.2 Å². The van der Waals surface area contributed by atoms with Crippen LogP contribution in [0.2, 0.25) is 0 Å². The van der Waals surface area contributed by atoms with E-state index in [9.17, 15) is 0 Å². The zero-order chi connectivity index (χ0) is 77.3. The average molecular weight is 1490 g/mol. The van der Waals surface area contributed by atoms with Crippen LogP contribution in [-0.4, -0.2) is 39.0 Å². The zero-order valence-corrected chi connectivity index (χ0v) is 63.2. The van der Waals surface area contributed by atoms with Crippen molar-refractivity contribution in [3.63, 3.8) is 0 Å². The van der Waals surface area contributed by atoms with E-state index in [4.69, 9.17) is 34.3 Å². The number of nitrogens with zero attached hydrogens (tertiary/aromatic N) is 8. The van der Waals surface area contributed by atoms with E-state index in [2.05, 4.69) is 282 Å². The molecule has 0 N–H and O–H groups in total. The van der Waals surface area contributed by atoms with Gasteiger partial charge < -0.3 is 13.6 Å². The number of benzene rings is 18. The lowest BCUT2D eigenvalue weighted by molar-refractivity contribution is 0.669. The first-order chi connectivity index (χ1) is 58.0. The summed E-state index contributed by atoms with van der Waals surface area (Å²) in [4.78, 5) is 30.3. The summed E-state index contributed by atoms with van der Waals surface area (Å²) in [5.74, 6) is 3.81. The standard InChI is InChI=1S/C63H40N4.C45H28N4O/c1-4-17-41(18-5-1)61-64-62(42-19-6-2-7-20-42)66-63(65-61)48-24-15-22-44(38-48)43-21-14-23-47(37-43)50-31-16-32-59-60(50)57-40-46(34-36-58(57)67(59)49-25-8-3-9-26-49)45-33-35-55-53-29-11-10-27-51(53)52-28-12-13-30-54(52)56(55)39-45;1-4-14-29(15-5-1)32-26-27-36-35(28-32)41-34(45-47-43(30-16-6-2-7-17-30)46-44(48-45)31-18-8-3-9-19-31)21-12-22-37(41)49(36)38-23-13-25-40-42(38)33-20-10-11-24-39(33)50-40/h1-40H;1-28H. The van der Waals surface area contributed by atoms with Gasteiger partial charge in [-0.3, -0.25) is 0 Å². The van der Waals surface area contributed by atoms with Crippen molar-refractivity contribution in [1.82, 2.24) is 39.0 Å². The number of furan rings is 1. The third kappa shape index (κ3) is 12.1. The van der Waals surface area contributed by atoms with Crippen LogP contribution in [0, 0.1) is 0 Å². The first-order valence-corrected chi connectivity index (χ1v) is 39.5. The summed E-state index contributed by atoms with van der Waals surface area (Å²) < 4.78 is 11.1. The minimum absolute atomic E-state index is 0.624. The van der Waals surface area contributed by atoms with E-state index in [1.165, 1.54) is 65.3 Å². The summed E-state index contributed by atoms with van der Waals surface area (Å²) in [6.45, 7) is 0. The van der Waals surface area contributed by atoms with Gasteiger partial charge in [-0.1, -0.05) is 328 Å². The first-order valence-electron chi connectivity index (χ1n) is 39.5. The number of fused-ring (bicyclic) bond motifs is 15. The fourth-order valence-corrected chi connectivity index (χ4v) is 17.3. The van der Waals surface area contributed by atoms with Crippen LogP contribution in [0.1, 0.15) is 0 Å². The summed E-state index contributed by atoms with van der Waals surface area (Å²) in [5, 5.41) is 14.5. The van der Waals surface area contributed by atoms with Crippen LogP contribution in [0.5, 0.6) is 0 Å². The highest BCUT2D eigenvalue weighted by Crippen LogP contribution is 2.46. The van der Waals surface area contributed by atoms with Crippen molar-refractivity contribution in [3.8, 4) is 124 Å². The predicted octanol–water partition coefficient (Wildman–Crippen LogP) is 28.0. The molecule has 9 nitrogen and oxygen atoms in total. The van der Waals surface area contributed by atoms with Gasteiger partial charge in [0, 0.05) is 66.0 Å². The highest BCUT2D eigenvalue weighted by Gasteiger charge is 2.25. The van der Waals surface area contributed by atoms with Gasteiger partial charge in [-0.2, -0.15) is 0 Å². The van der Waals surface area contributed by atoms with Gasteiger partial charge >= 0.3 is 0 Å². The Morgan fingerprint density at radius 2 is 0.513 bits per heavy atom. The van der Waals surface area contributed by atoms with E-state index >= 15 is 0 Å². The molecule has 546 valence electrons. The third-order valence-corrected chi connectivity index (χ3v) is 22.7. The van der Waals surface area contributed by atoms with Gasteiger partial charge in [-0.25, -0.2) is 29.9 Å². The number of aromatic nitrogens is 8. The van der Waals surface area contributed by atoms with E-state index in [1.807, 2.05) is 140 Å². The maximum Gasteiger partial charge on any atom is 0.164 e. The van der Waals surface area contributed by atoms with Crippen molar-refractivity contribution in [2.45, 2.75) is 0 Å². The summed E-state index contributed by atoms with van der Waals surface area (Å²) in [5.41, 5.74) is 23.2. The number of para-hydroxylation sites is 2. The van der Waals surface area contributed by atoms with E-state index in [0.29, 0.717) is 34.9 Å². The van der Waals surface area contributed by atoms with Gasteiger partial charge in [0.25, 0.3) is 0 Å². The molecule has 0 fully saturated rings. The molecule has 0 saturated heterocycles. The van der Waals surface area contributed by atoms with Crippen LogP contribution < -0.4 is 0 Å². The molecule has 0 unspecified atom stereocenters. The molecule has 0 atom stereocenters. The van der Waals surface area contributed by atoms with Crippen LogP contribution >= 0.6 is 0 Å². The predicted molar refractivity (Wildman–Crippen MR) is 482 cm³/mol. The Morgan fingerprint density at radius 1 is 0.171 bits per heavy atom. The maximum atomic E-state index is 6.36. The Hall–Kier alpha value is -15.8. The van der Waals surface area contributed by atoms with E-state index in [-0.39, 0.29) is 0 Å². The Morgan fingerprint density at radius 3 is 1.06 bits per heavy atom. The smallest absolute Gasteiger partial charge is 0.164 e. The van der Waals surface area contributed by atoms with Crippen LogP contribution in [0.25, 0.3) is 222 Å². The van der Waals surface area contributed by atoms with Crippen LogP contribution in [0.4, 0.5) is 0 Å². The van der Waals surface area contributed by atoms with Crippen molar-refractivity contribution < 1.29 is 4.42 Å². The van der Waals surface area contributed by atoms with Gasteiger partial charge in [0.05, 0.1) is 33.1 Å². The molecular weight excluding hydrogens is 1430 g/mol. The number of hydrogen-bond donors (Lipinski definition) is 0. The van der Waals surface area contributed by atoms with E-state index in [1.54, 1.807) is 0 Å². The van der Waals surface area contributed by atoms with E-state index in [0.717, 1.165) is 122 Å².